The third-order valence-corrected chi connectivity index (χ3v) is 11.6. The Morgan fingerprint density at radius 1 is 1.12 bits per heavy atom. The van der Waals surface area contributed by atoms with Crippen LogP contribution >= 0.6 is 0 Å². The molecular formula is C32H38F3N5O9S. The second-order valence-corrected chi connectivity index (χ2v) is 15.4. The zero-order valence-electron chi connectivity index (χ0n) is 27.0. The van der Waals surface area contributed by atoms with E-state index in [0.717, 1.165) is 21.6 Å². The minimum absolute atomic E-state index is 0.0189. The predicted octanol–water partition coefficient (Wildman–Crippen LogP) is 2.16. The average Bonchev–Trinajstić information content (AvgIpc) is 3.93. The molecule has 18 heteroatoms. The first-order valence-corrected chi connectivity index (χ1v) is 18.0. The summed E-state index contributed by atoms with van der Waals surface area (Å²) in [5, 5.41) is 3.76. The number of sulfonamides is 1. The molecule has 0 radical (unpaired) electrons. The van der Waals surface area contributed by atoms with E-state index in [9.17, 15) is 45.6 Å². The number of benzene rings is 1. The number of rotatable bonds is 7. The Hall–Kier alpha value is -4.35. The number of cyclic esters (lactones) is 1. The van der Waals surface area contributed by atoms with Crippen molar-refractivity contribution in [2.45, 2.75) is 99.6 Å². The summed E-state index contributed by atoms with van der Waals surface area (Å²) >= 11 is 0. The van der Waals surface area contributed by atoms with Crippen LogP contribution in [0.15, 0.2) is 30.9 Å². The van der Waals surface area contributed by atoms with Crippen LogP contribution in [-0.4, -0.2) is 96.4 Å². The van der Waals surface area contributed by atoms with Crippen LogP contribution in [-0.2, 0) is 53.4 Å². The van der Waals surface area contributed by atoms with Crippen LogP contribution in [0.4, 0.5) is 22.8 Å². The first-order chi connectivity index (χ1) is 23.6. The van der Waals surface area contributed by atoms with Crippen LogP contribution in [0.3, 0.4) is 0 Å². The molecule has 0 aromatic heterocycles. The number of nitrogens with zero attached hydrogens (tertiary/aromatic N) is 2. The predicted molar refractivity (Wildman–Crippen MR) is 167 cm³/mol. The number of nitrogens with one attached hydrogen (secondary N) is 3. The fraction of sp³-hybridized carbons (Fsp3) is 0.594. The molecule has 3 fully saturated rings. The largest absolute Gasteiger partial charge is 0.450 e. The van der Waals surface area contributed by atoms with E-state index in [1.165, 1.54) is 11.0 Å². The van der Waals surface area contributed by atoms with Crippen molar-refractivity contribution in [1.29, 1.82) is 0 Å². The maximum absolute atomic E-state index is 13.9. The number of alkyl carbamates (subject to hydrolysis) is 1. The number of carbonyl (C=O) groups is 5. The number of hydrogen-bond acceptors (Lipinski definition) is 9. The van der Waals surface area contributed by atoms with Gasteiger partial charge in [-0.25, -0.2) is 18.0 Å². The van der Waals surface area contributed by atoms with E-state index in [4.69, 9.17) is 9.47 Å². The van der Waals surface area contributed by atoms with Crippen molar-refractivity contribution in [3.8, 4) is 0 Å². The van der Waals surface area contributed by atoms with Crippen LogP contribution in [0.5, 0.6) is 0 Å². The van der Waals surface area contributed by atoms with Crippen molar-refractivity contribution in [2.24, 2.45) is 5.92 Å². The van der Waals surface area contributed by atoms with Gasteiger partial charge in [0.05, 0.1) is 24.8 Å². The van der Waals surface area contributed by atoms with E-state index in [2.05, 4.69) is 11.9 Å². The van der Waals surface area contributed by atoms with Gasteiger partial charge in [-0.05, 0) is 55.2 Å². The Bertz CT molecular complexity index is 1700. The smallest absolute Gasteiger partial charge is 0.410 e. The lowest BCUT2D eigenvalue weighted by Crippen LogP contribution is -2.58. The topological polar surface area (TPSA) is 181 Å². The molecule has 50 heavy (non-hydrogen) atoms. The minimum atomic E-state index is -4.92. The molecular weight excluding hydrogens is 687 g/mol. The van der Waals surface area contributed by atoms with E-state index in [0.29, 0.717) is 32.1 Å². The van der Waals surface area contributed by atoms with Crippen LogP contribution in [0.25, 0.3) is 0 Å². The second kappa shape index (κ2) is 13.4. The van der Waals surface area contributed by atoms with Crippen molar-refractivity contribution >= 4 is 39.9 Å². The van der Waals surface area contributed by atoms with Gasteiger partial charge in [-0.2, -0.15) is 13.2 Å². The Balaban J connectivity index is 1.27. The molecule has 1 aromatic carbocycles. The number of fused-ring (bicyclic) bond motifs is 3. The summed E-state index contributed by atoms with van der Waals surface area (Å²) in [6, 6.07) is 1.92. The van der Waals surface area contributed by atoms with Gasteiger partial charge in [0.2, 0.25) is 21.8 Å². The SMILES string of the molecule is C=C[C@@H]1C[C@]1(NC(=O)[C@@H]1C[C@@H]2CN1C(=O)[C@H](CC(F)(F)F)NC(=O)OCCCCc1cccc3c1CN(C3)C(=O)O2)C(=O)NS(=O)(=O)C1CC1. The van der Waals surface area contributed by atoms with Gasteiger partial charge in [0.25, 0.3) is 5.91 Å². The Morgan fingerprint density at radius 2 is 1.86 bits per heavy atom. The minimum Gasteiger partial charge on any atom is -0.450 e. The van der Waals surface area contributed by atoms with Gasteiger partial charge in [0.1, 0.15) is 23.7 Å². The first kappa shape index (κ1) is 35.5. The van der Waals surface area contributed by atoms with Gasteiger partial charge in [0.15, 0.2) is 0 Å². The number of halogens is 3. The molecule has 3 N–H and O–H groups in total. The Kier molecular flexibility index (Phi) is 9.51. The van der Waals surface area contributed by atoms with Crippen LogP contribution < -0.4 is 15.4 Å². The first-order valence-electron chi connectivity index (χ1n) is 16.5. The lowest BCUT2D eigenvalue weighted by atomic mass is 9.99. The van der Waals surface area contributed by atoms with E-state index in [1.807, 2.05) is 28.2 Å². The molecule has 0 unspecified atom stereocenters. The van der Waals surface area contributed by atoms with Gasteiger partial charge in [-0.15, -0.1) is 6.58 Å². The fourth-order valence-electron chi connectivity index (χ4n) is 6.86. The van der Waals surface area contributed by atoms with Crippen molar-refractivity contribution in [3.63, 3.8) is 0 Å². The molecule has 272 valence electrons. The van der Waals surface area contributed by atoms with E-state index in [1.54, 1.807) is 0 Å². The zero-order valence-corrected chi connectivity index (χ0v) is 27.8. The molecule has 6 rings (SSSR count). The molecule has 1 saturated heterocycles. The molecule has 14 nitrogen and oxygen atoms in total. The summed E-state index contributed by atoms with van der Waals surface area (Å²) < 4.78 is 79.0. The molecule has 2 aliphatic carbocycles. The summed E-state index contributed by atoms with van der Waals surface area (Å²) in [4.78, 5) is 69.2. The van der Waals surface area contributed by atoms with E-state index < -0.39 is 94.0 Å². The Morgan fingerprint density at radius 3 is 2.54 bits per heavy atom. The summed E-state index contributed by atoms with van der Waals surface area (Å²) in [5.74, 6) is -3.97. The Labute approximate surface area is 286 Å². The number of hydrogen-bond donors (Lipinski definition) is 3. The number of ether oxygens (including phenoxy) is 2. The lowest BCUT2D eigenvalue weighted by molar-refractivity contribution is -0.155. The van der Waals surface area contributed by atoms with Gasteiger partial charge in [-0.1, -0.05) is 24.3 Å². The molecule has 2 saturated carbocycles. The van der Waals surface area contributed by atoms with Gasteiger partial charge in [-0.3, -0.25) is 24.0 Å². The quantitative estimate of drug-likeness (QED) is 0.355. The van der Waals surface area contributed by atoms with Gasteiger partial charge in [0, 0.05) is 25.4 Å². The highest BCUT2D eigenvalue weighted by Crippen LogP contribution is 2.45. The molecule has 5 atom stereocenters. The molecule has 3 heterocycles. The van der Waals surface area contributed by atoms with Crippen molar-refractivity contribution in [1.82, 2.24) is 25.2 Å². The van der Waals surface area contributed by atoms with E-state index >= 15 is 0 Å². The maximum atomic E-state index is 13.9. The molecule has 1 aromatic rings. The lowest BCUT2D eigenvalue weighted by Gasteiger charge is -2.30. The summed E-state index contributed by atoms with van der Waals surface area (Å²) in [6.07, 6.45) is -6.60. The average molecular weight is 726 g/mol. The molecule has 4 bridgehead atoms. The van der Waals surface area contributed by atoms with Crippen molar-refractivity contribution in [3.05, 3.63) is 47.5 Å². The van der Waals surface area contributed by atoms with Crippen molar-refractivity contribution < 1.29 is 55.0 Å². The number of carbonyl (C=O) groups excluding carboxylic acids is 5. The number of alkyl halides is 3. The van der Waals surface area contributed by atoms with Crippen LogP contribution in [0, 0.1) is 5.92 Å². The third-order valence-electron chi connectivity index (χ3n) is 9.80. The third kappa shape index (κ3) is 7.54. The molecule has 5 amide bonds. The highest BCUT2D eigenvalue weighted by molar-refractivity contribution is 7.91. The molecule has 5 aliphatic rings. The molecule has 0 spiro atoms. The highest BCUT2D eigenvalue weighted by Gasteiger charge is 2.62. The van der Waals surface area contributed by atoms with Crippen LogP contribution in [0.2, 0.25) is 0 Å². The number of amides is 5. The molecule has 3 aliphatic heterocycles. The second-order valence-electron chi connectivity index (χ2n) is 13.5. The normalized spacial score (nSPS) is 28.8. The van der Waals surface area contributed by atoms with Crippen molar-refractivity contribution in [2.75, 3.05) is 13.2 Å². The monoisotopic (exact) mass is 725 g/mol. The fourth-order valence-corrected chi connectivity index (χ4v) is 8.23. The zero-order chi connectivity index (χ0) is 36.0. The van der Waals surface area contributed by atoms with Gasteiger partial charge < -0.3 is 25.0 Å². The van der Waals surface area contributed by atoms with Crippen LogP contribution in [0.1, 0.15) is 61.6 Å². The summed E-state index contributed by atoms with van der Waals surface area (Å²) in [5.41, 5.74) is 1.11. The maximum Gasteiger partial charge on any atom is 0.410 e. The van der Waals surface area contributed by atoms with E-state index in [-0.39, 0.29) is 32.5 Å². The standard InChI is InChI=1S/C32H38F3N5O9S/c1-2-20-13-31(20,28(43)38-50(46,47)22-9-10-22)37-26(41)25-12-21-16-40(25)27(42)24(14-32(33,34)35)36-29(44)48-11-4-3-6-18-7-5-8-19-15-39(17-23(18)19)30(45)49-21/h2,5,7-8,20-22,24-25H,1,3-4,6,9-17H2,(H,36,44)(H,37,41)(H,38,43)/t20-,21-,24+,25+,31-/m1/s1. The summed E-state index contributed by atoms with van der Waals surface area (Å²) in [6.45, 7) is 3.48. The van der Waals surface area contributed by atoms with Gasteiger partial charge >= 0.3 is 18.4 Å². The highest BCUT2D eigenvalue weighted by atomic mass is 32.2. The summed E-state index contributed by atoms with van der Waals surface area (Å²) in [7, 11) is -4.01. The number of aryl methyl sites for hydroxylation is 1.